The van der Waals surface area contributed by atoms with Gasteiger partial charge in [-0.3, -0.25) is 0 Å². The van der Waals surface area contributed by atoms with Gasteiger partial charge >= 0.3 is 0 Å². The summed E-state index contributed by atoms with van der Waals surface area (Å²) in [6.45, 7) is 3.53. The third-order valence-corrected chi connectivity index (χ3v) is 4.44. The molecule has 0 radical (unpaired) electrons. The van der Waals surface area contributed by atoms with E-state index in [-0.39, 0.29) is 0 Å². The molecule has 0 unspecified atom stereocenters. The van der Waals surface area contributed by atoms with Gasteiger partial charge in [0.05, 0.1) is 0 Å². The molecule has 0 bridgehead atoms. The van der Waals surface area contributed by atoms with Crippen molar-refractivity contribution in [1.29, 1.82) is 0 Å². The standard InChI is InChI=1S/C11H18ClN3S/c1-14-5-3-9(4-6-14)7-15(2)11-13-10(12)8-16-11/h8-9H,3-7H2,1-2H3. The number of piperidine rings is 1. The second kappa shape index (κ2) is 5.34. The van der Waals surface area contributed by atoms with Crippen LogP contribution in [-0.4, -0.2) is 43.6 Å². The van der Waals surface area contributed by atoms with Crippen molar-refractivity contribution < 1.29 is 0 Å². The monoisotopic (exact) mass is 259 g/mol. The van der Waals surface area contributed by atoms with Crippen molar-refractivity contribution in [1.82, 2.24) is 9.88 Å². The predicted molar refractivity (Wildman–Crippen MR) is 70.6 cm³/mol. The summed E-state index contributed by atoms with van der Waals surface area (Å²) in [6, 6.07) is 0. The van der Waals surface area contributed by atoms with Crippen molar-refractivity contribution in [2.75, 3.05) is 38.6 Å². The molecule has 0 aromatic carbocycles. The van der Waals surface area contributed by atoms with E-state index in [1.54, 1.807) is 11.3 Å². The van der Waals surface area contributed by atoms with E-state index >= 15 is 0 Å². The van der Waals surface area contributed by atoms with Crippen LogP contribution in [0.25, 0.3) is 0 Å². The molecule has 0 N–H and O–H groups in total. The van der Waals surface area contributed by atoms with Crippen molar-refractivity contribution in [2.45, 2.75) is 12.8 Å². The second-order valence-electron chi connectivity index (χ2n) is 4.58. The summed E-state index contributed by atoms with van der Waals surface area (Å²) in [5.41, 5.74) is 0. The maximum absolute atomic E-state index is 5.83. The van der Waals surface area contributed by atoms with Gasteiger partial charge in [-0.15, -0.1) is 11.3 Å². The molecule has 0 atom stereocenters. The van der Waals surface area contributed by atoms with Crippen molar-refractivity contribution in [3.63, 3.8) is 0 Å². The molecular formula is C11H18ClN3S. The number of hydrogen-bond acceptors (Lipinski definition) is 4. The number of rotatable bonds is 3. The first-order valence-electron chi connectivity index (χ1n) is 5.66. The third kappa shape index (κ3) is 3.09. The molecule has 1 fully saturated rings. The van der Waals surface area contributed by atoms with Crippen molar-refractivity contribution in [3.8, 4) is 0 Å². The van der Waals surface area contributed by atoms with E-state index < -0.39 is 0 Å². The quantitative estimate of drug-likeness (QED) is 0.832. The molecule has 3 nitrogen and oxygen atoms in total. The van der Waals surface area contributed by atoms with Gasteiger partial charge in [0.25, 0.3) is 0 Å². The highest BCUT2D eigenvalue weighted by Gasteiger charge is 2.19. The van der Waals surface area contributed by atoms with Gasteiger partial charge in [-0.2, -0.15) is 0 Å². The van der Waals surface area contributed by atoms with E-state index in [0.717, 1.165) is 17.6 Å². The molecule has 0 amide bonds. The van der Waals surface area contributed by atoms with Crippen molar-refractivity contribution in [3.05, 3.63) is 10.5 Å². The maximum atomic E-state index is 5.83. The van der Waals surface area contributed by atoms with Crippen LogP contribution in [0.2, 0.25) is 5.15 Å². The summed E-state index contributed by atoms with van der Waals surface area (Å²) in [5, 5.41) is 3.53. The Kier molecular flexibility index (Phi) is 4.05. The topological polar surface area (TPSA) is 19.4 Å². The van der Waals surface area contributed by atoms with E-state index in [1.807, 2.05) is 5.38 Å². The Hall–Kier alpha value is -0.320. The number of halogens is 1. The molecule has 1 aromatic heterocycles. The SMILES string of the molecule is CN1CCC(CN(C)c2nc(Cl)cs2)CC1. The van der Waals surface area contributed by atoms with Crippen LogP contribution in [0.1, 0.15) is 12.8 Å². The molecule has 0 saturated carbocycles. The van der Waals surface area contributed by atoms with Gasteiger partial charge in [-0.05, 0) is 38.9 Å². The molecule has 1 saturated heterocycles. The van der Waals surface area contributed by atoms with Crippen LogP contribution in [0.3, 0.4) is 0 Å². The lowest BCUT2D eigenvalue weighted by Crippen LogP contribution is -2.35. The normalized spacial score (nSPS) is 18.9. The average Bonchev–Trinajstić information content (AvgIpc) is 2.68. The molecular weight excluding hydrogens is 242 g/mol. The average molecular weight is 260 g/mol. The Morgan fingerprint density at radius 1 is 1.56 bits per heavy atom. The lowest BCUT2D eigenvalue weighted by molar-refractivity contribution is 0.222. The fourth-order valence-corrected chi connectivity index (χ4v) is 3.06. The molecule has 2 rings (SSSR count). The summed E-state index contributed by atoms with van der Waals surface area (Å²) < 4.78 is 0. The molecule has 1 aliphatic heterocycles. The second-order valence-corrected chi connectivity index (χ2v) is 5.80. The zero-order chi connectivity index (χ0) is 11.5. The minimum absolute atomic E-state index is 0.607. The molecule has 2 heterocycles. The molecule has 0 aliphatic carbocycles. The van der Waals surface area contributed by atoms with Crippen LogP contribution in [0.5, 0.6) is 0 Å². The molecule has 16 heavy (non-hydrogen) atoms. The van der Waals surface area contributed by atoms with E-state index in [4.69, 9.17) is 11.6 Å². The highest BCUT2D eigenvalue weighted by Crippen LogP contribution is 2.25. The van der Waals surface area contributed by atoms with Crippen molar-refractivity contribution in [2.24, 2.45) is 5.92 Å². The molecule has 1 aromatic rings. The Balaban J connectivity index is 1.85. The maximum Gasteiger partial charge on any atom is 0.186 e. The van der Waals surface area contributed by atoms with Gasteiger partial charge in [0.1, 0.15) is 5.15 Å². The summed E-state index contributed by atoms with van der Waals surface area (Å²) >= 11 is 7.45. The summed E-state index contributed by atoms with van der Waals surface area (Å²) in [4.78, 5) is 8.92. The highest BCUT2D eigenvalue weighted by molar-refractivity contribution is 7.14. The number of aromatic nitrogens is 1. The Morgan fingerprint density at radius 3 is 2.81 bits per heavy atom. The van der Waals surface area contributed by atoms with E-state index in [0.29, 0.717) is 5.15 Å². The van der Waals surface area contributed by atoms with Gasteiger partial charge in [0.15, 0.2) is 5.13 Å². The van der Waals surface area contributed by atoms with Gasteiger partial charge in [0, 0.05) is 19.0 Å². The van der Waals surface area contributed by atoms with E-state index in [2.05, 4.69) is 28.9 Å². The lowest BCUT2D eigenvalue weighted by atomic mass is 9.97. The fraction of sp³-hybridized carbons (Fsp3) is 0.727. The van der Waals surface area contributed by atoms with Crippen LogP contribution >= 0.6 is 22.9 Å². The van der Waals surface area contributed by atoms with E-state index in [1.165, 1.54) is 25.9 Å². The zero-order valence-electron chi connectivity index (χ0n) is 9.82. The third-order valence-electron chi connectivity index (χ3n) is 3.16. The minimum atomic E-state index is 0.607. The van der Waals surface area contributed by atoms with Crippen LogP contribution < -0.4 is 4.90 Å². The smallest absolute Gasteiger partial charge is 0.186 e. The first kappa shape index (κ1) is 12.1. The van der Waals surface area contributed by atoms with E-state index in [9.17, 15) is 0 Å². The minimum Gasteiger partial charge on any atom is -0.351 e. The Labute approximate surface area is 106 Å². The van der Waals surface area contributed by atoms with Gasteiger partial charge in [-0.25, -0.2) is 4.98 Å². The number of likely N-dealkylation sites (tertiary alicyclic amines) is 1. The first-order valence-corrected chi connectivity index (χ1v) is 6.91. The van der Waals surface area contributed by atoms with Crippen molar-refractivity contribution >= 4 is 28.1 Å². The summed E-state index contributed by atoms with van der Waals surface area (Å²) in [6.07, 6.45) is 2.58. The van der Waals surface area contributed by atoms with Gasteiger partial charge in [-0.1, -0.05) is 11.6 Å². The van der Waals surface area contributed by atoms with Gasteiger partial charge < -0.3 is 9.80 Å². The largest absolute Gasteiger partial charge is 0.351 e. The molecule has 90 valence electrons. The zero-order valence-corrected chi connectivity index (χ0v) is 11.4. The van der Waals surface area contributed by atoms with Crippen LogP contribution in [0, 0.1) is 5.92 Å². The fourth-order valence-electron chi connectivity index (χ4n) is 2.13. The first-order chi connectivity index (χ1) is 7.65. The Bertz CT molecular complexity index is 334. The van der Waals surface area contributed by atoms with Crippen LogP contribution in [0.4, 0.5) is 5.13 Å². The lowest BCUT2D eigenvalue weighted by Gasteiger charge is -2.31. The number of hydrogen-bond donors (Lipinski definition) is 0. The predicted octanol–water partition coefficient (Wildman–Crippen LogP) is 2.57. The molecule has 5 heteroatoms. The number of nitrogens with zero attached hydrogens (tertiary/aromatic N) is 3. The molecule has 0 spiro atoms. The van der Waals surface area contributed by atoms with Crippen LogP contribution in [0.15, 0.2) is 5.38 Å². The number of thiazole rings is 1. The number of anilines is 1. The summed E-state index contributed by atoms with van der Waals surface area (Å²) in [7, 11) is 4.30. The van der Waals surface area contributed by atoms with Gasteiger partial charge in [0.2, 0.25) is 0 Å². The van der Waals surface area contributed by atoms with Crippen LogP contribution in [-0.2, 0) is 0 Å². The molecule has 1 aliphatic rings. The Morgan fingerprint density at radius 2 is 2.25 bits per heavy atom. The highest BCUT2D eigenvalue weighted by atomic mass is 35.5. The summed E-state index contributed by atoms with van der Waals surface area (Å²) in [5.74, 6) is 0.795.